The molecule has 0 aliphatic rings. The van der Waals surface area contributed by atoms with E-state index in [1.807, 2.05) is 0 Å². The molecule has 7 heteroatoms. The highest BCUT2D eigenvalue weighted by molar-refractivity contribution is 9.10. The fraction of sp³-hybridized carbons (Fsp3) is 0.222. The van der Waals surface area contributed by atoms with Crippen LogP contribution >= 0.6 is 39.1 Å². The van der Waals surface area contributed by atoms with Gasteiger partial charge < -0.3 is 16.2 Å². The number of rotatable bonds is 4. The van der Waals surface area contributed by atoms with Gasteiger partial charge in [-0.25, -0.2) is 0 Å². The number of hydrogen-bond donors (Lipinski definition) is 3. The molecule has 1 aromatic rings. The average Bonchev–Trinajstić information content (AvgIpc) is 2.24. The van der Waals surface area contributed by atoms with Gasteiger partial charge in [-0.3, -0.25) is 4.79 Å². The van der Waals surface area contributed by atoms with E-state index >= 15 is 0 Å². The van der Waals surface area contributed by atoms with Crippen LogP contribution in [0.3, 0.4) is 0 Å². The lowest BCUT2D eigenvalue weighted by molar-refractivity contribution is -0.138. The van der Waals surface area contributed by atoms with Crippen molar-refractivity contribution in [1.29, 1.82) is 0 Å². The first-order valence-corrected chi connectivity index (χ1v) is 5.84. The van der Waals surface area contributed by atoms with Crippen LogP contribution in [0.25, 0.3) is 0 Å². The summed E-state index contributed by atoms with van der Waals surface area (Å²) in [6.07, 6.45) is 0. The summed E-state index contributed by atoms with van der Waals surface area (Å²) < 4.78 is 0.673. The first kappa shape index (κ1) is 13.6. The van der Waals surface area contributed by atoms with Gasteiger partial charge in [0.15, 0.2) is 0 Å². The van der Waals surface area contributed by atoms with Crippen molar-refractivity contribution in [1.82, 2.24) is 0 Å². The SMILES string of the molecule is NC(CNc1ccc(Br)c(Cl)c1Cl)C(=O)O. The van der Waals surface area contributed by atoms with Gasteiger partial charge in [0, 0.05) is 11.0 Å². The zero-order valence-electron chi connectivity index (χ0n) is 8.01. The van der Waals surface area contributed by atoms with Crippen LogP contribution in [0.4, 0.5) is 5.69 Å². The molecule has 4 N–H and O–H groups in total. The van der Waals surface area contributed by atoms with Crippen LogP contribution in [0.15, 0.2) is 16.6 Å². The molecule has 0 heterocycles. The van der Waals surface area contributed by atoms with E-state index in [0.29, 0.717) is 20.2 Å². The Morgan fingerprint density at radius 1 is 1.50 bits per heavy atom. The molecule has 1 rings (SSSR count). The predicted octanol–water partition coefficient (Wildman–Crippen LogP) is 2.58. The average molecular weight is 328 g/mol. The van der Waals surface area contributed by atoms with Gasteiger partial charge in [0.1, 0.15) is 6.04 Å². The van der Waals surface area contributed by atoms with Crippen molar-refractivity contribution in [3.05, 3.63) is 26.7 Å². The van der Waals surface area contributed by atoms with E-state index < -0.39 is 12.0 Å². The minimum atomic E-state index is -1.08. The fourth-order valence-electron chi connectivity index (χ4n) is 0.970. The molecule has 4 nitrogen and oxygen atoms in total. The quantitative estimate of drug-likeness (QED) is 0.743. The van der Waals surface area contributed by atoms with Gasteiger partial charge in [0.25, 0.3) is 0 Å². The molecule has 1 atom stereocenters. The molecule has 0 aliphatic carbocycles. The summed E-state index contributed by atoms with van der Waals surface area (Å²) in [4.78, 5) is 10.5. The molecule has 0 saturated carbocycles. The second-order valence-corrected chi connectivity index (χ2v) is 4.66. The molecule has 0 saturated heterocycles. The molecule has 0 bridgehead atoms. The number of hydrogen-bond acceptors (Lipinski definition) is 3. The van der Waals surface area contributed by atoms with E-state index in [-0.39, 0.29) is 6.54 Å². The lowest BCUT2D eigenvalue weighted by Crippen LogP contribution is -2.36. The Kier molecular flexibility index (Phi) is 4.86. The lowest BCUT2D eigenvalue weighted by atomic mass is 10.2. The zero-order valence-corrected chi connectivity index (χ0v) is 11.1. The third kappa shape index (κ3) is 3.25. The Morgan fingerprint density at radius 3 is 2.69 bits per heavy atom. The van der Waals surface area contributed by atoms with Crippen LogP contribution in [-0.2, 0) is 4.79 Å². The number of nitrogens with two attached hydrogens (primary N) is 1. The number of benzene rings is 1. The van der Waals surface area contributed by atoms with Crippen molar-refractivity contribution < 1.29 is 9.90 Å². The molecule has 1 unspecified atom stereocenters. The van der Waals surface area contributed by atoms with Crippen LogP contribution in [0.5, 0.6) is 0 Å². The number of aliphatic carboxylic acids is 1. The van der Waals surface area contributed by atoms with Gasteiger partial charge in [0.2, 0.25) is 0 Å². The number of carboxylic acid groups (broad SMARTS) is 1. The summed E-state index contributed by atoms with van der Waals surface area (Å²) in [5.74, 6) is -1.08. The van der Waals surface area contributed by atoms with Gasteiger partial charge in [0.05, 0.1) is 15.7 Å². The maximum absolute atomic E-state index is 10.5. The molecule has 88 valence electrons. The second kappa shape index (κ2) is 5.72. The standard InChI is InChI=1S/C9H9BrCl2N2O2/c10-4-1-2-6(8(12)7(4)11)14-3-5(13)9(15)16/h1-2,5,14H,3,13H2,(H,15,16). The largest absolute Gasteiger partial charge is 0.480 e. The molecule has 0 aliphatic heterocycles. The first-order chi connectivity index (χ1) is 7.43. The van der Waals surface area contributed by atoms with E-state index in [1.54, 1.807) is 12.1 Å². The summed E-state index contributed by atoms with van der Waals surface area (Å²) >= 11 is 15.1. The van der Waals surface area contributed by atoms with Gasteiger partial charge in [-0.1, -0.05) is 23.2 Å². The summed E-state index contributed by atoms with van der Waals surface area (Å²) in [6, 6.07) is 2.41. The van der Waals surface area contributed by atoms with E-state index in [1.165, 1.54) is 0 Å². The Balaban J connectivity index is 2.75. The summed E-state index contributed by atoms with van der Waals surface area (Å²) in [5, 5.41) is 12.1. The van der Waals surface area contributed by atoms with Gasteiger partial charge in [-0.05, 0) is 28.1 Å². The lowest BCUT2D eigenvalue weighted by Gasteiger charge is -2.12. The highest BCUT2D eigenvalue weighted by Crippen LogP contribution is 2.35. The van der Waals surface area contributed by atoms with Gasteiger partial charge in [-0.15, -0.1) is 0 Å². The molecule has 0 amide bonds. The maximum atomic E-state index is 10.5. The van der Waals surface area contributed by atoms with Crippen molar-refractivity contribution >= 4 is 50.8 Å². The number of halogens is 3. The van der Waals surface area contributed by atoms with Crippen molar-refractivity contribution in [2.45, 2.75) is 6.04 Å². The minimum absolute atomic E-state index is 0.0764. The smallest absolute Gasteiger partial charge is 0.322 e. The molecular weight excluding hydrogens is 319 g/mol. The fourth-order valence-corrected chi connectivity index (χ4v) is 1.81. The molecule has 1 aromatic carbocycles. The van der Waals surface area contributed by atoms with Crippen LogP contribution in [0.2, 0.25) is 10.0 Å². The molecule has 0 spiro atoms. The van der Waals surface area contributed by atoms with E-state index in [2.05, 4.69) is 21.2 Å². The van der Waals surface area contributed by atoms with E-state index in [4.69, 9.17) is 34.0 Å². The number of anilines is 1. The maximum Gasteiger partial charge on any atom is 0.322 e. The van der Waals surface area contributed by atoms with Crippen LogP contribution in [-0.4, -0.2) is 23.7 Å². The van der Waals surface area contributed by atoms with E-state index in [9.17, 15) is 4.79 Å². The minimum Gasteiger partial charge on any atom is -0.480 e. The Morgan fingerprint density at radius 2 is 2.12 bits per heavy atom. The van der Waals surface area contributed by atoms with Crippen LogP contribution in [0, 0.1) is 0 Å². The third-order valence-corrected chi connectivity index (χ3v) is 3.64. The van der Waals surface area contributed by atoms with Crippen molar-refractivity contribution in [3.8, 4) is 0 Å². The Bertz CT molecular complexity index is 415. The molecule has 0 radical (unpaired) electrons. The highest BCUT2D eigenvalue weighted by Gasteiger charge is 2.13. The number of carbonyl (C=O) groups is 1. The zero-order chi connectivity index (χ0) is 12.3. The van der Waals surface area contributed by atoms with E-state index in [0.717, 1.165) is 0 Å². The molecule has 16 heavy (non-hydrogen) atoms. The number of carboxylic acids is 1. The third-order valence-electron chi connectivity index (χ3n) is 1.86. The Hall–Kier alpha value is -0.490. The van der Waals surface area contributed by atoms with Gasteiger partial charge >= 0.3 is 5.97 Å². The number of nitrogens with one attached hydrogen (secondary N) is 1. The Labute approximate surface area is 111 Å². The summed E-state index contributed by atoms with van der Waals surface area (Å²) in [5.41, 5.74) is 5.88. The highest BCUT2D eigenvalue weighted by atomic mass is 79.9. The summed E-state index contributed by atoms with van der Waals surface area (Å²) in [7, 11) is 0. The summed E-state index contributed by atoms with van der Waals surface area (Å²) in [6.45, 7) is 0.0764. The van der Waals surface area contributed by atoms with Crippen molar-refractivity contribution in [2.75, 3.05) is 11.9 Å². The van der Waals surface area contributed by atoms with Gasteiger partial charge in [-0.2, -0.15) is 0 Å². The van der Waals surface area contributed by atoms with Crippen LogP contribution < -0.4 is 11.1 Å². The predicted molar refractivity (Wildman–Crippen MR) is 68.3 cm³/mol. The topological polar surface area (TPSA) is 75.3 Å². The molecule has 0 fully saturated rings. The molecule has 0 aromatic heterocycles. The first-order valence-electron chi connectivity index (χ1n) is 4.29. The van der Waals surface area contributed by atoms with Crippen molar-refractivity contribution in [2.24, 2.45) is 5.73 Å². The van der Waals surface area contributed by atoms with Crippen LogP contribution in [0.1, 0.15) is 0 Å². The second-order valence-electron chi connectivity index (χ2n) is 3.05. The normalized spacial score (nSPS) is 12.2. The molecular formula is C9H9BrCl2N2O2. The van der Waals surface area contributed by atoms with Crippen molar-refractivity contribution in [3.63, 3.8) is 0 Å². The monoisotopic (exact) mass is 326 g/mol.